The highest BCUT2D eigenvalue weighted by Crippen LogP contribution is 2.24. The third-order valence-corrected chi connectivity index (χ3v) is 4.48. The molecule has 0 unspecified atom stereocenters. The number of aryl methyl sites for hydroxylation is 1. The van der Waals surface area contributed by atoms with Gasteiger partial charge in [-0.25, -0.2) is 4.68 Å². The van der Waals surface area contributed by atoms with Crippen LogP contribution in [0.2, 0.25) is 5.02 Å². The number of nitrogens with zero attached hydrogens (tertiary/aromatic N) is 2. The molecule has 0 aliphatic rings. The molecule has 0 saturated carbocycles. The lowest BCUT2D eigenvalue weighted by atomic mass is 10.0. The van der Waals surface area contributed by atoms with Crippen molar-refractivity contribution in [2.45, 2.75) is 26.7 Å². The molecule has 2 aromatic carbocycles. The Bertz CT molecular complexity index is 1040. The highest BCUT2D eigenvalue weighted by molar-refractivity contribution is 6.30. The zero-order chi connectivity index (χ0) is 19.6. The van der Waals surface area contributed by atoms with Crippen molar-refractivity contribution in [3.63, 3.8) is 0 Å². The first kappa shape index (κ1) is 18.9. The SMILES string of the molecule is Cc1cc(=O)c(C(=O)Nc2ccccc2C(C)C)nn1-c1ccc(Cl)cc1. The van der Waals surface area contributed by atoms with Gasteiger partial charge in [0, 0.05) is 22.5 Å². The van der Waals surface area contributed by atoms with Gasteiger partial charge >= 0.3 is 0 Å². The van der Waals surface area contributed by atoms with E-state index in [2.05, 4.69) is 10.4 Å². The number of aromatic nitrogens is 2. The number of rotatable bonds is 4. The van der Waals surface area contributed by atoms with Gasteiger partial charge in [0.05, 0.1) is 5.69 Å². The number of hydrogen-bond donors (Lipinski definition) is 1. The first-order valence-electron chi connectivity index (χ1n) is 8.64. The number of hydrogen-bond acceptors (Lipinski definition) is 3. The minimum Gasteiger partial charge on any atom is -0.320 e. The molecular formula is C21H20ClN3O2. The average molecular weight is 382 g/mol. The van der Waals surface area contributed by atoms with Gasteiger partial charge in [0.2, 0.25) is 5.43 Å². The fourth-order valence-corrected chi connectivity index (χ4v) is 2.97. The number of carbonyl (C=O) groups is 1. The molecule has 1 amide bonds. The van der Waals surface area contributed by atoms with Crippen LogP contribution in [0.3, 0.4) is 0 Å². The number of nitrogens with one attached hydrogen (secondary N) is 1. The maximum absolute atomic E-state index is 12.8. The van der Waals surface area contributed by atoms with Crippen LogP contribution in [0.25, 0.3) is 5.69 Å². The van der Waals surface area contributed by atoms with E-state index in [4.69, 9.17) is 11.6 Å². The molecule has 1 aromatic heterocycles. The van der Waals surface area contributed by atoms with Crippen LogP contribution in [0.5, 0.6) is 0 Å². The van der Waals surface area contributed by atoms with Crippen LogP contribution < -0.4 is 10.7 Å². The van der Waals surface area contributed by atoms with E-state index in [0.29, 0.717) is 22.1 Å². The third kappa shape index (κ3) is 4.09. The third-order valence-electron chi connectivity index (χ3n) is 4.22. The lowest BCUT2D eigenvalue weighted by Gasteiger charge is -2.14. The summed E-state index contributed by atoms with van der Waals surface area (Å²) in [5.74, 6) is -0.297. The van der Waals surface area contributed by atoms with E-state index in [1.807, 2.05) is 38.1 Å². The maximum Gasteiger partial charge on any atom is 0.280 e. The number of benzene rings is 2. The summed E-state index contributed by atoms with van der Waals surface area (Å²) in [4.78, 5) is 25.1. The quantitative estimate of drug-likeness (QED) is 0.719. The Morgan fingerprint density at radius 1 is 1.11 bits per heavy atom. The lowest BCUT2D eigenvalue weighted by Crippen LogP contribution is -2.27. The van der Waals surface area contributed by atoms with Gasteiger partial charge in [-0.3, -0.25) is 9.59 Å². The van der Waals surface area contributed by atoms with Crippen molar-refractivity contribution in [1.29, 1.82) is 0 Å². The zero-order valence-electron chi connectivity index (χ0n) is 15.4. The second-order valence-electron chi connectivity index (χ2n) is 6.58. The molecule has 3 aromatic rings. The summed E-state index contributed by atoms with van der Waals surface area (Å²) in [5.41, 5.74) is 2.44. The predicted octanol–water partition coefficient (Wildman–Crippen LogP) is 4.57. The highest BCUT2D eigenvalue weighted by atomic mass is 35.5. The molecule has 0 radical (unpaired) electrons. The Balaban J connectivity index is 1.99. The Morgan fingerprint density at radius 2 is 1.78 bits per heavy atom. The van der Waals surface area contributed by atoms with Crippen molar-refractivity contribution in [2.75, 3.05) is 5.32 Å². The summed E-state index contributed by atoms with van der Waals surface area (Å²) in [6.45, 7) is 5.85. The molecule has 6 heteroatoms. The molecule has 0 aliphatic heterocycles. The van der Waals surface area contributed by atoms with Crippen LogP contribution in [0.15, 0.2) is 59.4 Å². The normalized spacial score (nSPS) is 10.9. The summed E-state index contributed by atoms with van der Waals surface area (Å²) in [7, 11) is 0. The highest BCUT2D eigenvalue weighted by Gasteiger charge is 2.17. The Morgan fingerprint density at radius 3 is 2.44 bits per heavy atom. The molecule has 138 valence electrons. The van der Waals surface area contributed by atoms with E-state index in [1.54, 1.807) is 35.9 Å². The maximum atomic E-state index is 12.8. The molecule has 3 rings (SSSR count). The van der Waals surface area contributed by atoms with Crippen LogP contribution >= 0.6 is 11.6 Å². The predicted molar refractivity (Wildman–Crippen MR) is 108 cm³/mol. The topological polar surface area (TPSA) is 64.0 Å². The fourth-order valence-electron chi connectivity index (χ4n) is 2.84. The van der Waals surface area contributed by atoms with Crippen LogP contribution in [-0.2, 0) is 0 Å². The van der Waals surface area contributed by atoms with Crippen molar-refractivity contribution in [3.8, 4) is 5.69 Å². The summed E-state index contributed by atoms with van der Waals surface area (Å²) in [5, 5.41) is 7.71. The summed E-state index contributed by atoms with van der Waals surface area (Å²) >= 11 is 5.93. The van der Waals surface area contributed by atoms with Gasteiger partial charge in [0.1, 0.15) is 0 Å². The molecule has 0 saturated heterocycles. The Kier molecular flexibility index (Phi) is 5.42. The molecule has 1 heterocycles. The van der Waals surface area contributed by atoms with Crippen LogP contribution in [-0.4, -0.2) is 15.7 Å². The average Bonchev–Trinajstić information content (AvgIpc) is 2.63. The van der Waals surface area contributed by atoms with Gasteiger partial charge in [0.25, 0.3) is 5.91 Å². The van der Waals surface area contributed by atoms with Gasteiger partial charge < -0.3 is 5.32 Å². The molecule has 0 atom stereocenters. The van der Waals surface area contributed by atoms with Gasteiger partial charge in [0.15, 0.2) is 5.69 Å². The largest absolute Gasteiger partial charge is 0.320 e. The second-order valence-corrected chi connectivity index (χ2v) is 7.02. The van der Waals surface area contributed by atoms with E-state index in [-0.39, 0.29) is 11.6 Å². The standard InChI is InChI=1S/C21H20ClN3O2/c1-13(2)17-6-4-5-7-18(17)23-21(27)20-19(26)12-14(3)25(24-20)16-10-8-15(22)9-11-16/h4-13H,1-3H3,(H,23,27). The fraction of sp³-hybridized carbons (Fsp3) is 0.190. The van der Waals surface area contributed by atoms with Crippen LogP contribution in [0.1, 0.15) is 41.5 Å². The summed E-state index contributed by atoms with van der Waals surface area (Å²) < 4.78 is 1.56. The molecule has 1 N–H and O–H groups in total. The minimum absolute atomic E-state index is 0.158. The van der Waals surface area contributed by atoms with Crippen molar-refractivity contribution >= 4 is 23.2 Å². The van der Waals surface area contributed by atoms with Crippen molar-refractivity contribution in [1.82, 2.24) is 9.78 Å². The Labute approximate surface area is 162 Å². The molecule has 0 fully saturated rings. The number of carbonyl (C=O) groups excluding carboxylic acids is 1. The molecule has 0 bridgehead atoms. The summed E-state index contributed by atoms with van der Waals surface area (Å²) in [6.07, 6.45) is 0. The van der Waals surface area contributed by atoms with Crippen LogP contribution in [0.4, 0.5) is 5.69 Å². The smallest absolute Gasteiger partial charge is 0.280 e. The van der Waals surface area contributed by atoms with E-state index in [1.165, 1.54) is 6.07 Å². The molecule has 5 nitrogen and oxygen atoms in total. The van der Waals surface area contributed by atoms with Crippen molar-refractivity contribution < 1.29 is 4.79 Å². The molecule has 0 aliphatic carbocycles. The lowest BCUT2D eigenvalue weighted by molar-refractivity contribution is 0.101. The van der Waals surface area contributed by atoms with E-state index < -0.39 is 11.3 Å². The van der Waals surface area contributed by atoms with Crippen LogP contribution in [0, 0.1) is 6.92 Å². The number of amides is 1. The molecular weight excluding hydrogens is 362 g/mol. The minimum atomic E-state index is -0.532. The van der Waals surface area contributed by atoms with Gasteiger partial charge in [-0.2, -0.15) is 5.10 Å². The number of anilines is 1. The van der Waals surface area contributed by atoms with Crippen molar-refractivity contribution in [2.24, 2.45) is 0 Å². The first-order valence-corrected chi connectivity index (χ1v) is 9.02. The molecule has 27 heavy (non-hydrogen) atoms. The van der Waals surface area contributed by atoms with Gasteiger partial charge in [-0.05, 0) is 48.7 Å². The monoisotopic (exact) mass is 381 g/mol. The van der Waals surface area contributed by atoms with E-state index in [0.717, 1.165) is 5.56 Å². The Hall–Kier alpha value is -2.92. The number of halogens is 1. The van der Waals surface area contributed by atoms with E-state index >= 15 is 0 Å². The van der Waals surface area contributed by atoms with Crippen molar-refractivity contribution in [3.05, 3.63) is 86.8 Å². The second kappa shape index (κ2) is 7.76. The van der Waals surface area contributed by atoms with Gasteiger partial charge in [-0.15, -0.1) is 0 Å². The zero-order valence-corrected chi connectivity index (χ0v) is 16.1. The van der Waals surface area contributed by atoms with Gasteiger partial charge in [-0.1, -0.05) is 43.6 Å². The first-order chi connectivity index (χ1) is 12.9. The number of para-hydroxylation sites is 1. The summed E-state index contributed by atoms with van der Waals surface area (Å²) in [6, 6.07) is 16.0. The van der Waals surface area contributed by atoms with E-state index in [9.17, 15) is 9.59 Å². The molecule has 0 spiro atoms.